The summed E-state index contributed by atoms with van der Waals surface area (Å²) in [6, 6.07) is 11.6. The molecule has 1 aromatic carbocycles. The van der Waals surface area contributed by atoms with E-state index in [9.17, 15) is 9.59 Å². The van der Waals surface area contributed by atoms with Crippen molar-refractivity contribution in [3.8, 4) is 11.3 Å². The molecule has 0 spiro atoms. The van der Waals surface area contributed by atoms with Gasteiger partial charge in [-0.15, -0.1) is 0 Å². The number of benzene rings is 1. The molecular formula is C18H18N4O4. The second-order valence-corrected chi connectivity index (χ2v) is 5.29. The van der Waals surface area contributed by atoms with E-state index in [0.29, 0.717) is 5.82 Å². The first-order chi connectivity index (χ1) is 12.6. The van der Waals surface area contributed by atoms with Gasteiger partial charge in [0.1, 0.15) is 0 Å². The zero-order valence-corrected chi connectivity index (χ0v) is 14.4. The van der Waals surface area contributed by atoms with Gasteiger partial charge in [0.25, 0.3) is 0 Å². The second-order valence-electron chi connectivity index (χ2n) is 5.29. The average molecular weight is 354 g/mol. The number of carbonyl (C=O) groups is 2. The van der Waals surface area contributed by atoms with Crippen LogP contribution in [0.25, 0.3) is 11.3 Å². The van der Waals surface area contributed by atoms with Crippen molar-refractivity contribution in [1.82, 2.24) is 15.1 Å². The number of anilines is 1. The molecule has 134 valence electrons. The van der Waals surface area contributed by atoms with E-state index in [-0.39, 0.29) is 12.3 Å². The fourth-order valence-corrected chi connectivity index (χ4v) is 2.42. The number of esters is 1. The largest absolute Gasteiger partial charge is 0.464 e. The first-order valence-corrected chi connectivity index (χ1v) is 7.97. The Labute approximate surface area is 150 Å². The normalized spacial score (nSPS) is 13.4. The number of carbonyl (C=O) groups excluding carboxylic acids is 2. The first-order valence-electron chi connectivity index (χ1n) is 7.97. The van der Waals surface area contributed by atoms with Crippen LogP contribution < -0.4 is 4.90 Å². The van der Waals surface area contributed by atoms with Crippen LogP contribution in [0.5, 0.6) is 0 Å². The Morgan fingerprint density at radius 1 is 1.19 bits per heavy atom. The van der Waals surface area contributed by atoms with Crippen LogP contribution in [-0.2, 0) is 14.3 Å². The van der Waals surface area contributed by atoms with Gasteiger partial charge in [0, 0.05) is 24.7 Å². The Balaban J connectivity index is 1.88. The minimum absolute atomic E-state index is 0.0257. The molecule has 1 aliphatic rings. The van der Waals surface area contributed by atoms with Crippen LogP contribution in [0.4, 0.5) is 10.6 Å². The molecule has 0 fully saturated rings. The van der Waals surface area contributed by atoms with Crippen molar-refractivity contribution in [3.05, 3.63) is 60.7 Å². The summed E-state index contributed by atoms with van der Waals surface area (Å²) < 4.78 is 9.72. The highest BCUT2D eigenvalue weighted by molar-refractivity contribution is 5.93. The summed E-state index contributed by atoms with van der Waals surface area (Å²) in [4.78, 5) is 26.8. The topological polar surface area (TPSA) is 87.8 Å². The van der Waals surface area contributed by atoms with Crippen molar-refractivity contribution in [1.29, 1.82) is 0 Å². The molecule has 8 heteroatoms. The molecule has 0 atom stereocenters. The Morgan fingerprint density at radius 3 is 2.65 bits per heavy atom. The minimum atomic E-state index is -0.661. The maximum Gasteiger partial charge on any atom is 0.418 e. The summed E-state index contributed by atoms with van der Waals surface area (Å²) in [5.41, 5.74) is 1.84. The number of aromatic amines is 1. The quantitative estimate of drug-likeness (QED) is 0.850. The molecule has 0 saturated carbocycles. The highest BCUT2D eigenvalue weighted by Gasteiger charge is 2.28. The van der Waals surface area contributed by atoms with Crippen molar-refractivity contribution in [2.45, 2.75) is 6.92 Å². The van der Waals surface area contributed by atoms with E-state index >= 15 is 0 Å². The SMILES string of the molecule is CCOC(=O)N1C=CN(c2cc(-c3ccccc3)[nH]n2)C=C1C(=O)OC. The summed E-state index contributed by atoms with van der Waals surface area (Å²) >= 11 is 0. The van der Waals surface area contributed by atoms with Gasteiger partial charge in [-0.1, -0.05) is 30.3 Å². The zero-order valence-electron chi connectivity index (χ0n) is 14.4. The lowest BCUT2D eigenvalue weighted by Crippen LogP contribution is -2.35. The van der Waals surface area contributed by atoms with Crippen molar-refractivity contribution in [2.24, 2.45) is 0 Å². The second kappa shape index (κ2) is 7.56. The van der Waals surface area contributed by atoms with E-state index < -0.39 is 12.1 Å². The Hall–Kier alpha value is -3.55. The van der Waals surface area contributed by atoms with E-state index in [1.54, 1.807) is 18.0 Å². The van der Waals surface area contributed by atoms with Gasteiger partial charge in [-0.25, -0.2) is 14.5 Å². The monoisotopic (exact) mass is 354 g/mol. The molecule has 0 aliphatic carbocycles. The van der Waals surface area contributed by atoms with Crippen LogP contribution in [0, 0.1) is 0 Å². The summed E-state index contributed by atoms with van der Waals surface area (Å²) in [7, 11) is 1.25. The number of amides is 1. The van der Waals surface area contributed by atoms with Crippen molar-refractivity contribution < 1.29 is 19.1 Å². The third kappa shape index (κ3) is 3.44. The number of hydrogen-bond acceptors (Lipinski definition) is 6. The van der Waals surface area contributed by atoms with Gasteiger partial charge in [-0.05, 0) is 12.5 Å². The van der Waals surface area contributed by atoms with Gasteiger partial charge < -0.3 is 14.4 Å². The third-order valence-corrected chi connectivity index (χ3v) is 3.67. The summed E-state index contributed by atoms with van der Waals surface area (Å²) in [6.07, 6.45) is 3.84. The zero-order chi connectivity index (χ0) is 18.5. The Morgan fingerprint density at radius 2 is 1.96 bits per heavy atom. The number of H-pyrrole nitrogens is 1. The maximum atomic E-state index is 12.1. The van der Waals surface area contributed by atoms with E-state index in [4.69, 9.17) is 9.47 Å². The van der Waals surface area contributed by atoms with Crippen LogP contribution in [-0.4, -0.2) is 40.9 Å². The lowest BCUT2D eigenvalue weighted by molar-refractivity contribution is -0.137. The standard InChI is InChI=1S/C18H18N4O4/c1-3-26-18(24)22-10-9-21(12-15(22)17(23)25-2)16-11-14(19-20-16)13-7-5-4-6-8-13/h4-12H,3H2,1-2H3,(H,19,20). The van der Waals surface area contributed by atoms with Gasteiger partial charge in [-0.3, -0.25) is 5.10 Å². The van der Waals surface area contributed by atoms with Crippen LogP contribution in [0.1, 0.15) is 6.92 Å². The molecule has 1 N–H and O–H groups in total. The lowest BCUT2D eigenvalue weighted by atomic mass is 10.1. The molecule has 0 radical (unpaired) electrons. The van der Waals surface area contributed by atoms with Crippen LogP contribution in [0.15, 0.2) is 60.7 Å². The summed E-state index contributed by atoms with van der Waals surface area (Å²) in [6.45, 7) is 1.88. The van der Waals surface area contributed by atoms with E-state index in [1.807, 2.05) is 36.4 Å². The summed E-state index contributed by atoms with van der Waals surface area (Å²) in [5.74, 6) is -0.101. The minimum Gasteiger partial charge on any atom is -0.464 e. The molecule has 0 bridgehead atoms. The lowest BCUT2D eigenvalue weighted by Gasteiger charge is -2.26. The van der Waals surface area contributed by atoms with E-state index in [1.165, 1.54) is 19.5 Å². The Bertz CT molecular complexity index is 857. The molecule has 8 nitrogen and oxygen atoms in total. The number of ether oxygens (including phenoxy) is 2. The van der Waals surface area contributed by atoms with Crippen molar-refractivity contribution in [2.75, 3.05) is 18.6 Å². The molecule has 1 amide bonds. The third-order valence-electron chi connectivity index (χ3n) is 3.67. The molecule has 26 heavy (non-hydrogen) atoms. The van der Waals surface area contributed by atoms with Gasteiger partial charge >= 0.3 is 12.1 Å². The number of nitrogens with one attached hydrogen (secondary N) is 1. The Kier molecular flexibility index (Phi) is 5.02. The first kappa shape index (κ1) is 17.3. The van der Waals surface area contributed by atoms with E-state index in [2.05, 4.69) is 10.2 Å². The molecular weight excluding hydrogens is 336 g/mol. The fourth-order valence-electron chi connectivity index (χ4n) is 2.42. The van der Waals surface area contributed by atoms with Gasteiger partial charge in [0.15, 0.2) is 11.5 Å². The molecule has 0 unspecified atom stereocenters. The number of aromatic nitrogens is 2. The van der Waals surface area contributed by atoms with Crippen LogP contribution >= 0.6 is 0 Å². The number of rotatable bonds is 4. The number of nitrogens with zero attached hydrogens (tertiary/aromatic N) is 3. The molecule has 2 aromatic rings. The van der Waals surface area contributed by atoms with Crippen molar-refractivity contribution >= 4 is 17.9 Å². The molecule has 3 rings (SSSR count). The van der Waals surface area contributed by atoms with Gasteiger partial charge in [0.2, 0.25) is 0 Å². The highest BCUT2D eigenvalue weighted by Crippen LogP contribution is 2.25. The predicted molar refractivity (Wildman–Crippen MR) is 94.6 cm³/mol. The smallest absolute Gasteiger partial charge is 0.418 e. The molecule has 1 aromatic heterocycles. The fraction of sp³-hybridized carbons (Fsp3) is 0.167. The van der Waals surface area contributed by atoms with Gasteiger partial charge in [-0.2, -0.15) is 5.10 Å². The van der Waals surface area contributed by atoms with Crippen LogP contribution in [0.2, 0.25) is 0 Å². The van der Waals surface area contributed by atoms with Crippen LogP contribution in [0.3, 0.4) is 0 Å². The highest BCUT2D eigenvalue weighted by atomic mass is 16.6. The number of hydrogen-bond donors (Lipinski definition) is 1. The van der Waals surface area contributed by atoms with Crippen molar-refractivity contribution in [3.63, 3.8) is 0 Å². The maximum absolute atomic E-state index is 12.1. The molecule has 0 saturated heterocycles. The predicted octanol–water partition coefficient (Wildman–Crippen LogP) is 2.84. The molecule has 2 heterocycles. The average Bonchev–Trinajstić information content (AvgIpc) is 3.18. The summed E-state index contributed by atoms with van der Waals surface area (Å²) in [5, 5.41) is 7.22. The van der Waals surface area contributed by atoms with Gasteiger partial charge in [0.05, 0.1) is 19.4 Å². The van der Waals surface area contributed by atoms with E-state index in [0.717, 1.165) is 16.2 Å². The molecule has 1 aliphatic heterocycles. The number of methoxy groups -OCH3 is 1.